The molecule has 0 saturated carbocycles. The number of halogens is 3. The number of nitrogens with one attached hydrogen (secondary N) is 2. The van der Waals surface area contributed by atoms with Crippen molar-refractivity contribution in [3.8, 4) is 11.5 Å². The van der Waals surface area contributed by atoms with Gasteiger partial charge in [-0.25, -0.2) is 0 Å². The Kier molecular flexibility index (Phi) is 4.75. The van der Waals surface area contributed by atoms with Crippen LogP contribution in [-0.2, 0) is 11.0 Å². The van der Waals surface area contributed by atoms with Gasteiger partial charge in [0.1, 0.15) is 6.61 Å². The predicted octanol–water partition coefficient (Wildman–Crippen LogP) is 3.14. The largest absolute Gasteiger partial charge is 0.485 e. The average Bonchev–Trinajstić information content (AvgIpc) is 2.64. The number of fused-ring (bicyclic) bond motifs is 1. The summed E-state index contributed by atoms with van der Waals surface area (Å²) in [4.78, 5) is 12.2. The maximum atomic E-state index is 12.8. The fraction of sp³-hybridized carbons (Fsp3) is 0.167. The first-order valence-corrected chi connectivity index (χ1v) is 7.65. The zero-order valence-electron chi connectivity index (χ0n) is 13.5. The Labute approximate surface area is 147 Å². The van der Waals surface area contributed by atoms with Crippen LogP contribution in [0.25, 0.3) is 5.70 Å². The quantitative estimate of drug-likeness (QED) is 0.819. The van der Waals surface area contributed by atoms with Gasteiger partial charge in [-0.15, -0.1) is 0 Å². The summed E-state index contributed by atoms with van der Waals surface area (Å²) in [5, 5.41) is 0. The highest BCUT2D eigenvalue weighted by Gasteiger charge is 2.31. The lowest BCUT2D eigenvalue weighted by Crippen LogP contribution is -2.48. The van der Waals surface area contributed by atoms with Crippen molar-refractivity contribution >= 4 is 11.6 Å². The number of para-hydroxylation sites is 2. The van der Waals surface area contributed by atoms with E-state index in [0.29, 0.717) is 11.5 Å². The molecule has 1 aliphatic rings. The minimum absolute atomic E-state index is 0.0144. The molecule has 5 nitrogen and oxygen atoms in total. The molecule has 0 unspecified atom stereocenters. The summed E-state index contributed by atoms with van der Waals surface area (Å²) >= 11 is 0. The second kappa shape index (κ2) is 6.99. The second-order valence-corrected chi connectivity index (χ2v) is 5.54. The van der Waals surface area contributed by atoms with Crippen LogP contribution in [0.2, 0.25) is 0 Å². The molecule has 0 fully saturated rings. The number of carbonyl (C=O) groups is 1. The van der Waals surface area contributed by atoms with Gasteiger partial charge in [0.15, 0.2) is 11.5 Å². The van der Waals surface area contributed by atoms with Crippen molar-refractivity contribution in [1.82, 2.24) is 10.9 Å². The Morgan fingerprint density at radius 1 is 1.08 bits per heavy atom. The standard InChI is InChI=1S/C18H15F3N2O3/c1-11(12-5-4-6-13(9-12)18(19,20)21)22-23-17(24)16-10-25-14-7-2-3-8-15(14)26-16/h2-9,16,22H,1,10H2,(H,23,24)/t16-/m0/s1. The molecule has 0 aromatic heterocycles. The van der Waals surface area contributed by atoms with E-state index in [-0.39, 0.29) is 17.9 Å². The minimum atomic E-state index is -4.46. The van der Waals surface area contributed by atoms with Crippen molar-refractivity contribution in [2.75, 3.05) is 6.61 Å². The molecule has 1 amide bonds. The summed E-state index contributed by atoms with van der Waals surface area (Å²) in [6.07, 6.45) is -5.35. The molecule has 0 aliphatic carbocycles. The van der Waals surface area contributed by atoms with E-state index in [9.17, 15) is 18.0 Å². The Hall–Kier alpha value is -3.16. The topological polar surface area (TPSA) is 59.6 Å². The summed E-state index contributed by atoms with van der Waals surface area (Å²) in [6, 6.07) is 11.5. The molecule has 2 aromatic rings. The molecule has 0 saturated heterocycles. The Bertz CT molecular complexity index is 836. The van der Waals surface area contributed by atoms with Crippen molar-refractivity contribution in [3.05, 3.63) is 66.2 Å². The second-order valence-electron chi connectivity index (χ2n) is 5.54. The molecule has 0 bridgehead atoms. The van der Waals surface area contributed by atoms with Crippen LogP contribution in [-0.4, -0.2) is 18.6 Å². The molecule has 2 aromatic carbocycles. The highest BCUT2D eigenvalue weighted by Crippen LogP contribution is 2.31. The third-order valence-corrected chi connectivity index (χ3v) is 3.68. The summed E-state index contributed by atoms with van der Waals surface area (Å²) in [5.74, 6) is 0.445. The molecule has 26 heavy (non-hydrogen) atoms. The van der Waals surface area contributed by atoms with Gasteiger partial charge in [0.2, 0.25) is 6.10 Å². The summed E-state index contributed by atoms with van der Waals surface area (Å²) in [5.41, 5.74) is 4.38. The molecular formula is C18H15F3N2O3. The van der Waals surface area contributed by atoms with Crippen LogP contribution in [0.15, 0.2) is 55.1 Å². The Balaban J connectivity index is 1.59. The molecule has 1 heterocycles. The molecule has 0 spiro atoms. The number of ether oxygens (including phenoxy) is 2. The van der Waals surface area contributed by atoms with Gasteiger partial charge >= 0.3 is 6.18 Å². The number of amides is 1. The lowest BCUT2D eigenvalue weighted by atomic mass is 10.1. The summed E-state index contributed by atoms with van der Waals surface area (Å²) in [6.45, 7) is 3.65. The van der Waals surface area contributed by atoms with Gasteiger partial charge in [0.05, 0.1) is 11.3 Å². The fourth-order valence-electron chi connectivity index (χ4n) is 2.32. The van der Waals surface area contributed by atoms with Crippen LogP contribution in [0.1, 0.15) is 11.1 Å². The lowest BCUT2D eigenvalue weighted by Gasteiger charge is -2.25. The van der Waals surface area contributed by atoms with Gasteiger partial charge < -0.3 is 9.47 Å². The van der Waals surface area contributed by atoms with Gasteiger partial charge in [-0.2, -0.15) is 13.2 Å². The van der Waals surface area contributed by atoms with Crippen LogP contribution in [0, 0.1) is 0 Å². The maximum Gasteiger partial charge on any atom is 0.416 e. The Morgan fingerprint density at radius 2 is 1.81 bits per heavy atom. The van der Waals surface area contributed by atoms with E-state index in [4.69, 9.17) is 9.47 Å². The van der Waals surface area contributed by atoms with E-state index in [1.807, 2.05) is 0 Å². The molecule has 0 radical (unpaired) electrons. The van der Waals surface area contributed by atoms with Gasteiger partial charge in [-0.1, -0.05) is 30.8 Å². The molecule has 136 valence electrons. The molecule has 3 rings (SSSR count). The van der Waals surface area contributed by atoms with Gasteiger partial charge in [-0.05, 0) is 29.8 Å². The minimum Gasteiger partial charge on any atom is -0.485 e. The third kappa shape index (κ3) is 3.90. The van der Waals surface area contributed by atoms with E-state index in [0.717, 1.165) is 12.1 Å². The van der Waals surface area contributed by atoms with Gasteiger partial charge in [0.25, 0.3) is 5.91 Å². The number of carbonyl (C=O) groups excluding carboxylic acids is 1. The van der Waals surface area contributed by atoms with Crippen molar-refractivity contribution in [1.29, 1.82) is 0 Å². The fourth-order valence-corrected chi connectivity index (χ4v) is 2.32. The molecule has 8 heteroatoms. The van der Waals surface area contributed by atoms with Gasteiger partial charge in [0, 0.05) is 0 Å². The molecule has 2 N–H and O–H groups in total. The number of rotatable bonds is 4. The van der Waals surface area contributed by atoms with E-state index in [2.05, 4.69) is 17.4 Å². The lowest BCUT2D eigenvalue weighted by molar-refractivity contribution is -0.137. The normalized spacial score (nSPS) is 15.9. The van der Waals surface area contributed by atoms with Crippen molar-refractivity contribution < 1.29 is 27.4 Å². The van der Waals surface area contributed by atoms with Crippen molar-refractivity contribution in [2.24, 2.45) is 0 Å². The summed E-state index contributed by atoms with van der Waals surface area (Å²) < 4.78 is 49.3. The maximum absolute atomic E-state index is 12.8. The Morgan fingerprint density at radius 3 is 2.54 bits per heavy atom. The first-order valence-electron chi connectivity index (χ1n) is 7.65. The van der Waals surface area contributed by atoms with Crippen LogP contribution in [0.3, 0.4) is 0 Å². The first kappa shape index (κ1) is 17.7. The number of hydrogen-bond acceptors (Lipinski definition) is 4. The van der Waals surface area contributed by atoms with E-state index >= 15 is 0 Å². The molecule has 1 aliphatic heterocycles. The first-order chi connectivity index (χ1) is 12.3. The number of benzene rings is 2. The van der Waals surface area contributed by atoms with E-state index in [1.165, 1.54) is 12.1 Å². The van der Waals surface area contributed by atoms with Crippen LogP contribution in [0.5, 0.6) is 11.5 Å². The molecular weight excluding hydrogens is 349 g/mol. The van der Waals surface area contributed by atoms with E-state index < -0.39 is 23.8 Å². The highest BCUT2D eigenvalue weighted by molar-refractivity contribution is 5.82. The zero-order chi connectivity index (χ0) is 18.7. The van der Waals surface area contributed by atoms with Crippen LogP contribution >= 0.6 is 0 Å². The van der Waals surface area contributed by atoms with Crippen molar-refractivity contribution in [2.45, 2.75) is 12.3 Å². The molecule has 1 atom stereocenters. The average molecular weight is 364 g/mol. The van der Waals surface area contributed by atoms with Crippen LogP contribution < -0.4 is 20.3 Å². The smallest absolute Gasteiger partial charge is 0.416 e. The monoisotopic (exact) mass is 364 g/mol. The third-order valence-electron chi connectivity index (χ3n) is 3.68. The van der Waals surface area contributed by atoms with Gasteiger partial charge in [-0.3, -0.25) is 15.6 Å². The predicted molar refractivity (Wildman–Crippen MR) is 88.1 cm³/mol. The highest BCUT2D eigenvalue weighted by atomic mass is 19.4. The number of hydrogen-bond donors (Lipinski definition) is 2. The zero-order valence-corrected chi connectivity index (χ0v) is 13.5. The SMILES string of the molecule is C=C(NNC(=O)[C@@H]1COc2ccccc2O1)c1cccc(C(F)(F)F)c1. The van der Waals surface area contributed by atoms with E-state index in [1.54, 1.807) is 24.3 Å². The summed E-state index contributed by atoms with van der Waals surface area (Å²) in [7, 11) is 0. The van der Waals surface area contributed by atoms with Crippen molar-refractivity contribution in [3.63, 3.8) is 0 Å². The number of alkyl halides is 3. The van der Waals surface area contributed by atoms with Crippen LogP contribution in [0.4, 0.5) is 13.2 Å². The number of hydrazine groups is 1.